The number of carbonyl (C=O) groups excluding carboxylic acids is 1. The van der Waals surface area contributed by atoms with E-state index in [-0.39, 0.29) is 17.4 Å². The van der Waals surface area contributed by atoms with Crippen LogP contribution in [-0.4, -0.2) is 25.0 Å². The maximum absolute atomic E-state index is 12.4. The first-order valence-electron chi connectivity index (χ1n) is 7.09. The molecule has 1 saturated heterocycles. The third kappa shape index (κ3) is 3.57. The van der Waals surface area contributed by atoms with E-state index in [0.717, 1.165) is 37.1 Å². The molecule has 19 heavy (non-hydrogen) atoms. The highest BCUT2D eigenvalue weighted by molar-refractivity contribution is 5.96. The van der Waals surface area contributed by atoms with Crippen LogP contribution in [0.5, 0.6) is 0 Å². The third-order valence-electron chi connectivity index (χ3n) is 3.61. The number of hydrogen-bond donors (Lipinski definition) is 2. The molecule has 1 aliphatic rings. The molecule has 0 aliphatic carbocycles. The molecule has 2 rings (SSSR count). The zero-order chi connectivity index (χ0) is 13.9. The maximum Gasteiger partial charge on any atom is 0.251 e. The minimum absolute atomic E-state index is 0.0151. The fourth-order valence-corrected chi connectivity index (χ4v) is 2.57. The van der Waals surface area contributed by atoms with Crippen LogP contribution in [0.15, 0.2) is 24.3 Å². The van der Waals surface area contributed by atoms with E-state index in [1.807, 2.05) is 24.3 Å². The highest BCUT2D eigenvalue weighted by Gasteiger charge is 2.23. The van der Waals surface area contributed by atoms with Crippen LogP contribution < -0.4 is 10.6 Å². The molecule has 1 aromatic rings. The van der Waals surface area contributed by atoms with Gasteiger partial charge in [0.2, 0.25) is 0 Å². The quantitative estimate of drug-likeness (QED) is 0.857. The van der Waals surface area contributed by atoms with Gasteiger partial charge in [0.1, 0.15) is 0 Å². The van der Waals surface area contributed by atoms with E-state index in [1.165, 1.54) is 0 Å². The second-order valence-corrected chi connectivity index (χ2v) is 6.31. The van der Waals surface area contributed by atoms with Gasteiger partial charge >= 0.3 is 0 Å². The highest BCUT2D eigenvalue weighted by atomic mass is 16.1. The zero-order valence-corrected chi connectivity index (χ0v) is 12.1. The van der Waals surface area contributed by atoms with Crippen molar-refractivity contribution < 1.29 is 4.79 Å². The topological polar surface area (TPSA) is 41.1 Å². The molecule has 1 heterocycles. The molecule has 1 aliphatic heterocycles. The van der Waals surface area contributed by atoms with Crippen LogP contribution in [-0.2, 0) is 5.41 Å². The summed E-state index contributed by atoms with van der Waals surface area (Å²) in [7, 11) is 0. The number of benzene rings is 1. The summed E-state index contributed by atoms with van der Waals surface area (Å²) in [5, 5.41) is 6.47. The fraction of sp³-hybridized carbons (Fsp3) is 0.562. The van der Waals surface area contributed by atoms with Crippen molar-refractivity contribution >= 4 is 5.91 Å². The Morgan fingerprint density at radius 2 is 2.05 bits per heavy atom. The van der Waals surface area contributed by atoms with Gasteiger partial charge in [0.25, 0.3) is 5.91 Å². The van der Waals surface area contributed by atoms with Crippen molar-refractivity contribution in [3.05, 3.63) is 35.4 Å². The summed E-state index contributed by atoms with van der Waals surface area (Å²) in [6, 6.07) is 8.16. The minimum Gasteiger partial charge on any atom is -0.348 e. The largest absolute Gasteiger partial charge is 0.348 e. The first-order chi connectivity index (χ1) is 8.98. The first-order valence-corrected chi connectivity index (χ1v) is 7.09. The average Bonchev–Trinajstić information content (AvgIpc) is 2.39. The van der Waals surface area contributed by atoms with E-state index < -0.39 is 0 Å². The molecule has 0 unspecified atom stereocenters. The molecule has 3 heteroatoms. The van der Waals surface area contributed by atoms with E-state index >= 15 is 0 Å². The standard InChI is InChI=1S/C16H24N2O/c1-16(2,3)14-9-5-4-8-13(14)15(19)18-12-7-6-10-17-11-12/h4-5,8-9,12,17H,6-7,10-11H2,1-3H3,(H,18,19)/t12-/m1/s1. The van der Waals surface area contributed by atoms with Crippen LogP contribution >= 0.6 is 0 Å². The van der Waals surface area contributed by atoms with Crippen molar-refractivity contribution in [2.24, 2.45) is 0 Å². The monoisotopic (exact) mass is 260 g/mol. The molecule has 1 atom stereocenters. The Hall–Kier alpha value is -1.35. The second kappa shape index (κ2) is 5.74. The Balaban J connectivity index is 2.14. The van der Waals surface area contributed by atoms with Gasteiger partial charge in [-0.25, -0.2) is 0 Å². The van der Waals surface area contributed by atoms with Gasteiger partial charge in [-0.1, -0.05) is 39.0 Å². The highest BCUT2D eigenvalue weighted by Crippen LogP contribution is 2.25. The summed E-state index contributed by atoms with van der Waals surface area (Å²) < 4.78 is 0. The summed E-state index contributed by atoms with van der Waals surface area (Å²) in [6.45, 7) is 8.36. The predicted molar refractivity (Wildman–Crippen MR) is 78.5 cm³/mol. The Bertz CT molecular complexity index is 442. The Kier molecular flexibility index (Phi) is 4.25. The summed E-state index contributed by atoms with van der Waals surface area (Å²) in [5.74, 6) is 0.0548. The predicted octanol–water partition coefficient (Wildman–Crippen LogP) is 2.47. The molecule has 0 bridgehead atoms. The molecule has 1 amide bonds. The zero-order valence-electron chi connectivity index (χ0n) is 12.1. The van der Waals surface area contributed by atoms with Gasteiger partial charge in [-0.2, -0.15) is 0 Å². The Morgan fingerprint density at radius 1 is 1.32 bits per heavy atom. The summed E-state index contributed by atoms with van der Waals surface area (Å²) >= 11 is 0. The summed E-state index contributed by atoms with van der Waals surface area (Å²) in [4.78, 5) is 12.4. The first kappa shape index (κ1) is 14.1. The average molecular weight is 260 g/mol. The van der Waals surface area contributed by atoms with Crippen molar-refractivity contribution in [2.45, 2.75) is 45.1 Å². The molecule has 1 fully saturated rings. The van der Waals surface area contributed by atoms with Crippen molar-refractivity contribution in [1.29, 1.82) is 0 Å². The smallest absolute Gasteiger partial charge is 0.251 e. The van der Waals surface area contributed by atoms with Gasteiger partial charge in [-0.3, -0.25) is 4.79 Å². The van der Waals surface area contributed by atoms with Crippen LogP contribution in [0.4, 0.5) is 0 Å². The molecular formula is C16H24N2O. The number of amides is 1. The van der Waals surface area contributed by atoms with E-state index in [4.69, 9.17) is 0 Å². The van der Waals surface area contributed by atoms with Crippen LogP contribution in [0.3, 0.4) is 0 Å². The SMILES string of the molecule is CC(C)(C)c1ccccc1C(=O)N[C@@H]1CCCNC1. The van der Waals surface area contributed by atoms with Gasteiger partial charge < -0.3 is 10.6 Å². The van der Waals surface area contributed by atoms with E-state index in [1.54, 1.807) is 0 Å². The molecule has 2 N–H and O–H groups in total. The molecule has 0 saturated carbocycles. The van der Waals surface area contributed by atoms with Crippen molar-refractivity contribution in [2.75, 3.05) is 13.1 Å². The normalized spacial score (nSPS) is 20.1. The van der Waals surface area contributed by atoms with Gasteiger partial charge in [0.05, 0.1) is 0 Å². The molecule has 0 radical (unpaired) electrons. The molecule has 3 nitrogen and oxygen atoms in total. The van der Waals surface area contributed by atoms with Crippen molar-refractivity contribution in [1.82, 2.24) is 10.6 Å². The Morgan fingerprint density at radius 3 is 2.68 bits per heavy atom. The number of piperidine rings is 1. The van der Waals surface area contributed by atoms with Crippen LogP contribution in [0.2, 0.25) is 0 Å². The number of hydrogen-bond acceptors (Lipinski definition) is 2. The fourth-order valence-electron chi connectivity index (χ4n) is 2.57. The minimum atomic E-state index is -0.0151. The molecular weight excluding hydrogens is 236 g/mol. The van der Waals surface area contributed by atoms with E-state index in [0.29, 0.717) is 0 Å². The van der Waals surface area contributed by atoms with Gasteiger partial charge in [-0.05, 0) is 36.4 Å². The van der Waals surface area contributed by atoms with E-state index in [2.05, 4.69) is 31.4 Å². The van der Waals surface area contributed by atoms with Crippen LogP contribution in [0.25, 0.3) is 0 Å². The second-order valence-electron chi connectivity index (χ2n) is 6.31. The number of carbonyl (C=O) groups is 1. The lowest BCUT2D eigenvalue weighted by Crippen LogP contribution is -2.46. The number of nitrogens with one attached hydrogen (secondary N) is 2. The van der Waals surface area contributed by atoms with Crippen molar-refractivity contribution in [3.8, 4) is 0 Å². The molecule has 104 valence electrons. The number of rotatable bonds is 2. The van der Waals surface area contributed by atoms with Gasteiger partial charge in [0.15, 0.2) is 0 Å². The van der Waals surface area contributed by atoms with Crippen LogP contribution in [0.1, 0.15) is 49.5 Å². The summed E-state index contributed by atoms with van der Waals surface area (Å²) in [5.41, 5.74) is 1.90. The van der Waals surface area contributed by atoms with Crippen LogP contribution in [0, 0.1) is 0 Å². The lowest BCUT2D eigenvalue weighted by atomic mass is 9.83. The van der Waals surface area contributed by atoms with Crippen molar-refractivity contribution in [3.63, 3.8) is 0 Å². The molecule has 1 aromatic carbocycles. The van der Waals surface area contributed by atoms with E-state index in [9.17, 15) is 4.79 Å². The molecule has 0 spiro atoms. The lowest BCUT2D eigenvalue weighted by molar-refractivity contribution is 0.0928. The van der Waals surface area contributed by atoms with Gasteiger partial charge in [0, 0.05) is 18.2 Å². The summed E-state index contributed by atoms with van der Waals surface area (Å²) in [6.07, 6.45) is 2.20. The van der Waals surface area contributed by atoms with Gasteiger partial charge in [-0.15, -0.1) is 0 Å². The third-order valence-corrected chi connectivity index (χ3v) is 3.61. The molecule has 0 aromatic heterocycles. The Labute approximate surface area is 115 Å². The maximum atomic E-state index is 12.4. The lowest BCUT2D eigenvalue weighted by Gasteiger charge is -2.26.